The van der Waals surface area contributed by atoms with Gasteiger partial charge in [-0.3, -0.25) is 0 Å². The number of unbranched alkanes of at least 4 members (excludes halogenated alkanes) is 5. The number of nitrogens with zero attached hydrogens (tertiary/aromatic N) is 2. The molecule has 0 N–H and O–H groups in total. The van der Waals surface area contributed by atoms with Crippen molar-refractivity contribution in [1.82, 2.24) is 9.80 Å². The zero-order valence-electron chi connectivity index (χ0n) is 20.7. The van der Waals surface area contributed by atoms with E-state index in [0.29, 0.717) is 5.41 Å². The number of rotatable bonds is 14. The van der Waals surface area contributed by atoms with Gasteiger partial charge in [0.25, 0.3) is 0 Å². The summed E-state index contributed by atoms with van der Waals surface area (Å²) in [6, 6.07) is 0.878. The first-order chi connectivity index (χ1) is 14.1. The molecule has 2 nitrogen and oxygen atoms in total. The quantitative estimate of drug-likeness (QED) is 0.275. The normalized spacial score (nSPS) is 22.8. The predicted octanol–water partition coefficient (Wildman–Crippen LogP) is 7.52. The largest absolute Gasteiger partial charge is 0.303 e. The van der Waals surface area contributed by atoms with Crippen LogP contribution < -0.4 is 0 Å². The standard InChI is InChI=1S/C27H54N2/c1-5-8-11-12-15-26(14-10-7-3)29-22-18-27(19-23-29)16-20-28(21-17-27)24-25(4)13-9-6-2/h25-26H,5-24H2,1-4H3. The van der Waals surface area contributed by atoms with Crippen molar-refractivity contribution >= 4 is 0 Å². The Morgan fingerprint density at radius 2 is 1.21 bits per heavy atom. The summed E-state index contributed by atoms with van der Waals surface area (Å²) >= 11 is 0. The topological polar surface area (TPSA) is 6.48 Å². The number of likely N-dealkylation sites (tertiary alicyclic amines) is 2. The Morgan fingerprint density at radius 1 is 0.655 bits per heavy atom. The first-order valence-corrected chi connectivity index (χ1v) is 13.6. The van der Waals surface area contributed by atoms with Crippen LogP contribution in [0.5, 0.6) is 0 Å². The van der Waals surface area contributed by atoms with E-state index in [-0.39, 0.29) is 0 Å². The van der Waals surface area contributed by atoms with Crippen LogP contribution in [0, 0.1) is 11.3 Å². The van der Waals surface area contributed by atoms with E-state index in [0.717, 1.165) is 12.0 Å². The highest BCUT2D eigenvalue weighted by molar-refractivity contribution is 4.92. The molecule has 0 saturated carbocycles. The van der Waals surface area contributed by atoms with Crippen LogP contribution in [0.3, 0.4) is 0 Å². The minimum absolute atomic E-state index is 0.692. The van der Waals surface area contributed by atoms with Gasteiger partial charge in [0.15, 0.2) is 0 Å². The van der Waals surface area contributed by atoms with Gasteiger partial charge in [0.05, 0.1) is 0 Å². The minimum atomic E-state index is 0.692. The Hall–Kier alpha value is -0.0800. The molecule has 2 fully saturated rings. The molecule has 0 aromatic rings. The summed E-state index contributed by atoms with van der Waals surface area (Å²) in [6.45, 7) is 16.3. The molecule has 1 spiro atoms. The van der Waals surface area contributed by atoms with E-state index < -0.39 is 0 Å². The van der Waals surface area contributed by atoms with Gasteiger partial charge in [-0.15, -0.1) is 0 Å². The molecule has 0 amide bonds. The zero-order valence-corrected chi connectivity index (χ0v) is 20.7. The molecule has 2 heteroatoms. The lowest BCUT2D eigenvalue weighted by Gasteiger charge is -2.49. The van der Waals surface area contributed by atoms with Crippen molar-refractivity contribution in [2.45, 2.75) is 130 Å². The summed E-state index contributed by atoms with van der Waals surface area (Å²) in [5, 5.41) is 0. The van der Waals surface area contributed by atoms with Crippen LogP contribution in [-0.2, 0) is 0 Å². The van der Waals surface area contributed by atoms with Crippen LogP contribution in [-0.4, -0.2) is 48.6 Å². The fourth-order valence-corrected chi connectivity index (χ4v) is 5.91. The molecule has 0 bridgehead atoms. The summed E-state index contributed by atoms with van der Waals surface area (Å²) in [5.41, 5.74) is 0.692. The van der Waals surface area contributed by atoms with E-state index in [2.05, 4.69) is 37.5 Å². The first-order valence-electron chi connectivity index (χ1n) is 13.6. The molecule has 0 radical (unpaired) electrons. The van der Waals surface area contributed by atoms with Gasteiger partial charge in [0.2, 0.25) is 0 Å². The molecule has 0 aliphatic carbocycles. The van der Waals surface area contributed by atoms with Crippen molar-refractivity contribution in [3.8, 4) is 0 Å². The van der Waals surface area contributed by atoms with E-state index in [1.54, 1.807) is 0 Å². The Balaban J connectivity index is 1.73. The maximum atomic E-state index is 2.91. The molecule has 2 atom stereocenters. The third-order valence-electron chi connectivity index (χ3n) is 8.19. The van der Waals surface area contributed by atoms with Crippen molar-refractivity contribution in [2.24, 2.45) is 11.3 Å². The van der Waals surface area contributed by atoms with Crippen molar-refractivity contribution in [2.75, 3.05) is 32.7 Å². The summed E-state index contributed by atoms with van der Waals surface area (Å²) < 4.78 is 0. The molecule has 29 heavy (non-hydrogen) atoms. The van der Waals surface area contributed by atoms with Crippen LogP contribution in [0.1, 0.15) is 124 Å². The van der Waals surface area contributed by atoms with Crippen LogP contribution in [0.25, 0.3) is 0 Å². The average molecular weight is 407 g/mol. The van der Waals surface area contributed by atoms with Crippen LogP contribution in [0.4, 0.5) is 0 Å². The predicted molar refractivity (Wildman–Crippen MR) is 130 cm³/mol. The number of hydrogen-bond donors (Lipinski definition) is 0. The second-order valence-corrected chi connectivity index (χ2v) is 10.7. The van der Waals surface area contributed by atoms with E-state index in [4.69, 9.17) is 0 Å². The lowest BCUT2D eigenvalue weighted by molar-refractivity contribution is 0.0130. The van der Waals surface area contributed by atoms with Gasteiger partial charge in [0, 0.05) is 12.6 Å². The maximum Gasteiger partial charge on any atom is 0.00952 e. The van der Waals surface area contributed by atoms with Crippen molar-refractivity contribution < 1.29 is 0 Å². The highest BCUT2D eigenvalue weighted by Gasteiger charge is 2.38. The Morgan fingerprint density at radius 3 is 1.83 bits per heavy atom. The fraction of sp³-hybridized carbons (Fsp3) is 1.00. The molecular weight excluding hydrogens is 352 g/mol. The number of piperidine rings is 2. The van der Waals surface area contributed by atoms with Crippen LogP contribution in [0.2, 0.25) is 0 Å². The molecule has 2 rings (SSSR count). The van der Waals surface area contributed by atoms with Gasteiger partial charge in [-0.25, -0.2) is 0 Å². The zero-order chi connectivity index (χ0) is 21.0. The van der Waals surface area contributed by atoms with E-state index in [9.17, 15) is 0 Å². The van der Waals surface area contributed by atoms with Crippen LogP contribution >= 0.6 is 0 Å². The summed E-state index contributed by atoms with van der Waals surface area (Å²) in [6.07, 6.45) is 21.4. The molecule has 2 unspecified atom stereocenters. The van der Waals surface area contributed by atoms with Crippen molar-refractivity contribution in [3.05, 3.63) is 0 Å². The summed E-state index contributed by atoms with van der Waals surface area (Å²) in [7, 11) is 0. The highest BCUT2D eigenvalue weighted by atomic mass is 15.2. The Kier molecular flexibility index (Phi) is 12.2. The minimum Gasteiger partial charge on any atom is -0.303 e. The average Bonchev–Trinajstić information content (AvgIpc) is 2.74. The summed E-state index contributed by atoms with van der Waals surface area (Å²) in [5.74, 6) is 0.887. The smallest absolute Gasteiger partial charge is 0.00952 e. The van der Waals surface area contributed by atoms with Crippen LogP contribution in [0.15, 0.2) is 0 Å². The Labute approximate surface area is 184 Å². The van der Waals surface area contributed by atoms with Crippen molar-refractivity contribution in [1.29, 1.82) is 0 Å². The van der Waals surface area contributed by atoms with Gasteiger partial charge in [0.1, 0.15) is 0 Å². The third-order valence-corrected chi connectivity index (χ3v) is 8.19. The van der Waals surface area contributed by atoms with Gasteiger partial charge < -0.3 is 9.80 Å². The molecule has 0 aromatic carbocycles. The highest BCUT2D eigenvalue weighted by Crippen LogP contribution is 2.42. The van der Waals surface area contributed by atoms with E-state index in [1.165, 1.54) is 129 Å². The van der Waals surface area contributed by atoms with Gasteiger partial charge in [-0.2, -0.15) is 0 Å². The van der Waals surface area contributed by atoms with E-state index >= 15 is 0 Å². The molecule has 172 valence electrons. The molecular formula is C27H54N2. The molecule has 2 aliphatic rings. The lowest BCUT2D eigenvalue weighted by atomic mass is 9.70. The molecule has 2 aliphatic heterocycles. The first kappa shape index (κ1) is 25.2. The van der Waals surface area contributed by atoms with Gasteiger partial charge >= 0.3 is 0 Å². The van der Waals surface area contributed by atoms with Gasteiger partial charge in [-0.1, -0.05) is 79.1 Å². The van der Waals surface area contributed by atoms with Crippen molar-refractivity contribution in [3.63, 3.8) is 0 Å². The third kappa shape index (κ3) is 8.90. The summed E-state index contributed by atoms with van der Waals surface area (Å²) in [4.78, 5) is 5.70. The Bertz CT molecular complexity index is 389. The lowest BCUT2D eigenvalue weighted by Crippen LogP contribution is -2.49. The molecule has 2 heterocycles. The molecule has 0 aromatic heterocycles. The maximum absolute atomic E-state index is 2.91. The fourth-order valence-electron chi connectivity index (χ4n) is 5.91. The van der Waals surface area contributed by atoms with E-state index in [1.807, 2.05) is 0 Å². The van der Waals surface area contributed by atoms with Gasteiger partial charge in [-0.05, 0) is 82.5 Å². The molecule has 2 saturated heterocycles. The number of hydrogen-bond acceptors (Lipinski definition) is 2. The second-order valence-electron chi connectivity index (χ2n) is 10.7. The SMILES string of the molecule is CCCCCCC(CCCC)N1CCC2(CCN(CC(C)CCCC)CC2)CC1. The second kappa shape index (κ2) is 14.1. The monoisotopic (exact) mass is 406 g/mol.